The van der Waals surface area contributed by atoms with Crippen molar-refractivity contribution >= 4 is 12.1 Å². The zero-order valence-corrected chi connectivity index (χ0v) is 17.5. The minimum atomic E-state index is -4.45. The molecule has 0 radical (unpaired) electrons. The topological polar surface area (TPSA) is 63.8 Å². The highest BCUT2D eigenvalue weighted by atomic mass is 19.4. The number of para-hydroxylation sites is 2. The molecule has 3 aromatic carbocycles. The molecule has 1 aliphatic rings. The number of hydrazone groups is 1. The summed E-state index contributed by atoms with van der Waals surface area (Å²) in [4.78, 5) is 13.1. The highest BCUT2D eigenvalue weighted by Gasteiger charge is 2.32. The zero-order valence-electron chi connectivity index (χ0n) is 17.5. The van der Waals surface area contributed by atoms with Gasteiger partial charge < -0.3 is 9.15 Å². The molecule has 1 aliphatic heterocycles. The first kappa shape index (κ1) is 21.5. The van der Waals surface area contributed by atoms with Gasteiger partial charge in [0.2, 0.25) is 0 Å². The van der Waals surface area contributed by atoms with Crippen molar-refractivity contribution in [2.45, 2.75) is 12.1 Å². The van der Waals surface area contributed by atoms with Crippen LogP contribution in [0.3, 0.4) is 0 Å². The number of carbonyl (C=O) groups excluding carboxylic acids is 1. The molecule has 0 aliphatic carbocycles. The lowest BCUT2D eigenvalue weighted by Crippen LogP contribution is -2.28. The predicted molar refractivity (Wildman–Crippen MR) is 120 cm³/mol. The standard InChI is InChI=1S/C26H17F3N2O3/c27-26(28,29)17-7-5-6-16(14-17)21-13-12-18(33-21)15-30-31-25(32)24-19-8-1-3-10-22(19)34-23-11-4-2-9-20(23)24/h1-15,24H,(H,31,32). The highest BCUT2D eigenvalue weighted by Crippen LogP contribution is 2.43. The molecule has 0 saturated heterocycles. The fourth-order valence-corrected chi connectivity index (χ4v) is 3.84. The van der Waals surface area contributed by atoms with Crippen molar-refractivity contribution < 1.29 is 27.1 Å². The van der Waals surface area contributed by atoms with Gasteiger partial charge in [-0.05, 0) is 36.4 Å². The van der Waals surface area contributed by atoms with E-state index in [2.05, 4.69) is 10.5 Å². The smallest absolute Gasteiger partial charge is 0.416 e. The van der Waals surface area contributed by atoms with Crippen molar-refractivity contribution in [3.63, 3.8) is 0 Å². The molecule has 0 spiro atoms. The third-order valence-corrected chi connectivity index (χ3v) is 5.41. The highest BCUT2D eigenvalue weighted by molar-refractivity contribution is 5.90. The van der Waals surface area contributed by atoms with E-state index in [9.17, 15) is 18.0 Å². The van der Waals surface area contributed by atoms with Gasteiger partial charge in [-0.15, -0.1) is 0 Å². The Morgan fingerprint density at radius 1 is 0.882 bits per heavy atom. The molecule has 4 aromatic rings. The van der Waals surface area contributed by atoms with Crippen LogP contribution in [0.1, 0.15) is 28.4 Å². The number of carbonyl (C=O) groups is 1. The summed E-state index contributed by atoms with van der Waals surface area (Å²) in [6.45, 7) is 0. The molecule has 1 N–H and O–H groups in total. The first-order valence-electron chi connectivity index (χ1n) is 10.4. The molecule has 0 unspecified atom stereocenters. The number of hydrogen-bond acceptors (Lipinski definition) is 4. The molecular weight excluding hydrogens is 445 g/mol. The lowest BCUT2D eigenvalue weighted by atomic mass is 9.87. The number of alkyl halides is 3. The Bertz CT molecular complexity index is 1350. The molecular formula is C26H17F3N2O3. The van der Waals surface area contributed by atoms with Crippen LogP contribution < -0.4 is 10.2 Å². The Morgan fingerprint density at radius 2 is 1.56 bits per heavy atom. The minimum absolute atomic E-state index is 0.256. The van der Waals surface area contributed by atoms with E-state index >= 15 is 0 Å². The molecule has 0 saturated carbocycles. The van der Waals surface area contributed by atoms with Crippen molar-refractivity contribution in [1.29, 1.82) is 0 Å². The molecule has 0 atom stereocenters. The van der Waals surface area contributed by atoms with E-state index in [1.807, 2.05) is 36.4 Å². The summed E-state index contributed by atoms with van der Waals surface area (Å²) in [5, 5.41) is 3.99. The van der Waals surface area contributed by atoms with Crippen molar-refractivity contribution in [2.24, 2.45) is 5.10 Å². The van der Waals surface area contributed by atoms with Crippen LogP contribution in [0, 0.1) is 0 Å². The monoisotopic (exact) mass is 462 g/mol. The Balaban J connectivity index is 1.34. The molecule has 2 heterocycles. The Morgan fingerprint density at radius 3 is 2.24 bits per heavy atom. The summed E-state index contributed by atoms with van der Waals surface area (Å²) in [5.74, 6) is 0.760. The Kier molecular flexibility index (Phi) is 5.41. The maximum Gasteiger partial charge on any atom is 0.416 e. The largest absolute Gasteiger partial charge is 0.457 e. The summed E-state index contributed by atoms with van der Waals surface area (Å²) in [6, 6.07) is 22.5. The van der Waals surface area contributed by atoms with Crippen molar-refractivity contribution in [1.82, 2.24) is 5.43 Å². The number of benzene rings is 3. The van der Waals surface area contributed by atoms with Crippen LogP contribution in [-0.4, -0.2) is 12.1 Å². The lowest BCUT2D eigenvalue weighted by molar-refractivity contribution is -0.137. The number of amides is 1. The molecule has 1 amide bonds. The van der Waals surface area contributed by atoms with Gasteiger partial charge in [0.05, 0.1) is 17.7 Å². The molecule has 5 nitrogen and oxygen atoms in total. The average molecular weight is 462 g/mol. The van der Waals surface area contributed by atoms with Gasteiger partial charge in [0.1, 0.15) is 23.0 Å². The van der Waals surface area contributed by atoms with Gasteiger partial charge in [0, 0.05) is 16.7 Å². The molecule has 0 bridgehead atoms. The molecule has 170 valence electrons. The molecule has 8 heteroatoms. The number of fused-ring (bicyclic) bond motifs is 2. The third kappa shape index (κ3) is 4.17. The Hall–Kier alpha value is -4.33. The van der Waals surface area contributed by atoms with Crippen molar-refractivity contribution in [2.75, 3.05) is 0 Å². The minimum Gasteiger partial charge on any atom is -0.457 e. The van der Waals surface area contributed by atoms with Crippen molar-refractivity contribution in [3.05, 3.63) is 107 Å². The lowest BCUT2D eigenvalue weighted by Gasteiger charge is -2.26. The number of furan rings is 1. The van der Waals surface area contributed by atoms with Gasteiger partial charge >= 0.3 is 6.18 Å². The number of ether oxygens (including phenoxy) is 1. The van der Waals surface area contributed by atoms with Crippen LogP contribution in [0.2, 0.25) is 0 Å². The van der Waals surface area contributed by atoms with Crippen LogP contribution in [0.15, 0.2) is 94.4 Å². The van der Waals surface area contributed by atoms with E-state index in [1.54, 1.807) is 24.3 Å². The van der Waals surface area contributed by atoms with Gasteiger partial charge in [0.15, 0.2) is 0 Å². The second kappa shape index (κ2) is 8.55. The van der Waals surface area contributed by atoms with Gasteiger partial charge in [0.25, 0.3) is 5.91 Å². The summed E-state index contributed by atoms with van der Waals surface area (Å²) in [6.07, 6.45) is -3.15. The summed E-state index contributed by atoms with van der Waals surface area (Å²) in [7, 11) is 0. The molecule has 0 fully saturated rings. The number of nitrogens with one attached hydrogen (secondary N) is 1. The van der Waals surface area contributed by atoms with Crippen LogP contribution in [0.5, 0.6) is 11.5 Å². The predicted octanol–water partition coefficient (Wildman–Crippen LogP) is 6.35. The average Bonchev–Trinajstić information content (AvgIpc) is 3.31. The van der Waals surface area contributed by atoms with E-state index < -0.39 is 17.7 Å². The Labute approximate surface area is 192 Å². The van der Waals surface area contributed by atoms with E-state index in [1.165, 1.54) is 18.3 Å². The van der Waals surface area contributed by atoms with E-state index in [-0.39, 0.29) is 23.0 Å². The van der Waals surface area contributed by atoms with E-state index in [0.29, 0.717) is 11.5 Å². The first-order valence-corrected chi connectivity index (χ1v) is 10.4. The fourth-order valence-electron chi connectivity index (χ4n) is 3.84. The van der Waals surface area contributed by atoms with Crippen LogP contribution in [0.4, 0.5) is 13.2 Å². The van der Waals surface area contributed by atoms with Gasteiger partial charge in [-0.2, -0.15) is 18.3 Å². The summed E-state index contributed by atoms with van der Waals surface area (Å²) >= 11 is 0. The fraction of sp³-hybridized carbons (Fsp3) is 0.0769. The third-order valence-electron chi connectivity index (χ3n) is 5.41. The molecule has 34 heavy (non-hydrogen) atoms. The van der Waals surface area contributed by atoms with Crippen LogP contribution in [-0.2, 0) is 11.0 Å². The van der Waals surface area contributed by atoms with Gasteiger partial charge in [-0.25, -0.2) is 5.43 Å². The maximum atomic E-state index is 13.1. The second-order valence-electron chi connectivity index (χ2n) is 7.63. The SMILES string of the molecule is O=C(NN=Cc1ccc(-c2cccc(C(F)(F)F)c2)o1)C1c2ccccc2Oc2ccccc21. The van der Waals surface area contributed by atoms with Gasteiger partial charge in [-0.1, -0.05) is 48.5 Å². The summed E-state index contributed by atoms with van der Waals surface area (Å²) < 4.78 is 50.4. The van der Waals surface area contributed by atoms with Gasteiger partial charge in [-0.3, -0.25) is 4.79 Å². The molecule has 5 rings (SSSR count). The number of nitrogens with zero attached hydrogens (tertiary/aromatic N) is 1. The van der Waals surface area contributed by atoms with E-state index in [0.717, 1.165) is 23.3 Å². The van der Waals surface area contributed by atoms with Crippen LogP contribution in [0.25, 0.3) is 11.3 Å². The normalized spacial score (nSPS) is 13.3. The number of halogens is 3. The first-order chi connectivity index (χ1) is 16.4. The second-order valence-corrected chi connectivity index (χ2v) is 7.63. The van der Waals surface area contributed by atoms with E-state index in [4.69, 9.17) is 9.15 Å². The van der Waals surface area contributed by atoms with Crippen LogP contribution >= 0.6 is 0 Å². The maximum absolute atomic E-state index is 13.1. The quantitative estimate of drug-likeness (QED) is 0.284. The number of hydrogen-bond donors (Lipinski definition) is 1. The summed E-state index contributed by atoms with van der Waals surface area (Å²) in [5.41, 5.74) is 3.49. The van der Waals surface area contributed by atoms with Crippen molar-refractivity contribution in [3.8, 4) is 22.8 Å². The zero-order chi connectivity index (χ0) is 23.7. The number of rotatable bonds is 4. The molecule has 1 aromatic heterocycles.